The molecule has 0 atom stereocenters. The predicted molar refractivity (Wildman–Crippen MR) is 87.2 cm³/mol. The number of hydrogen-bond acceptors (Lipinski definition) is 7. The lowest BCUT2D eigenvalue weighted by molar-refractivity contribution is 0.102. The SMILES string of the molecule is CS(=O)(=O)c1ccccc1C(=O)Nc1nnc(-c2ccc(Br)o2)o1. The van der Waals surface area contributed by atoms with Gasteiger partial charge in [0.15, 0.2) is 20.3 Å². The molecule has 0 radical (unpaired) electrons. The van der Waals surface area contributed by atoms with Crippen LogP contribution in [0.3, 0.4) is 0 Å². The molecule has 2 heterocycles. The first-order valence-corrected chi connectivity index (χ1v) is 9.22. The average molecular weight is 412 g/mol. The number of nitrogens with zero attached hydrogens (tertiary/aromatic N) is 2. The van der Waals surface area contributed by atoms with E-state index in [1.807, 2.05) is 0 Å². The van der Waals surface area contributed by atoms with E-state index in [9.17, 15) is 13.2 Å². The highest BCUT2D eigenvalue weighted by Gasteiger charge is 2.20. The number of aromatic nitrogens is 2. The molecule has 0 aliphatic carbocycles. The number of anilines is 1. The third-order valence-electron chi connectivity index (χ3n) is 2.96. The quantitative estimate of drug-likeness (QED) is 0.701. The van der Waals surface area contributed by atoms with Crippen molar-refractivity contribution in [2.75, 3.05) is 11.6 Å². The Labute approximate surface area is 144 Å². The number of amides is 1. The van der Waals surface area contributed by atoms with Crippen molar-refractivity contribution in [2.24, 2.45) is 0 Å². The lowest BCUT2D eigenvalue weighted by atomic mass is 10.2. The van der Waals surface area contributed by atoms with Crippen molar-refractivity contribution in [1.82, 2.24) is 10.2 Å². The highest BCUT2D eigenvalue weighted by atomic mass is 79.9. The molecule has 0 aliphatic heterocycles. The second-order valence-electron chi connectivity index (χ2n) is 4.74. The van der Waals surface area contributed by atoms with E-state index in [2.05, 4.69) is 31.4 Å². The molecule has 24 heavy (non-hydrogen) atoms. The Bertz CT molecular complexity index is 1010. The van der Waals surface area contributed by atoms with E-state index in [1.165, 1.54) is 18.2 Å². The van der Waals surface area contributed by atoms with Crippen molar-refractivity contribution in [3.63, 3.8) is 0 Å². The van der Waals surface area contributed by atoms with Crippen LogP contribution in [0.5, 0.6) is 0 Å². The van der Waals surface area contributed by atoms with Crippen LogP contribution in [-0.4, -0.2) is 30.8 Å². The molecule has 0 spiro atoms. The van der Waals surface area contributed by atoms with Gasteiger partial charge in [-0.3, -0.25) is 10.1 Å². The molecule has 0 fully saturated rings. The predicted octanol–water partition coefficient (Wildman–Crippen LogP) is 2.75. The highest BCUT2D eigenvalue weighted by molar-refractivity contribution is 9.10. The maximum absolute atomic E-state index is 12.3. The third-order valence-corrected chi connectivity index (χ3v) is 4.54. The first-order valence-electron chi connectivity index (χ1n) is 6.54. The normalized spacial score (nSPS) is 11.4. The summed E-state index contributed by atoms with van der Waals surface area (Å²) in [5.74, 6) is -0.273. The van der Waals surface area contributed by atoms with Crippen molar-refractivity contribution in [2.45, 2.75) is 4.90 Å². The Balaban J connectivity index is 1.85. The van der Waals surface area contributed by atoms with E-state index in [0.717, 1.165) is 6.26 Å². The lowest BCUT2D eigenvalue weighted by Gasteiger charge is -2.06. The van der Waals surface area contributed by atoms with Gasteiger partial charge in [-0.2, -0.15) is 0 Å². The molecule has 0 aliphatic rings. The minimum atomic E-state index is -3.55. The van der Waals surface area contributed by atoms with Crippen LogP contribution < -0.4 is 5.32 Å². The Morgan fingerprint density at radius 3 is 2.54 bits per heavy atom. The summed E-state index contributed by atoms with van der Waals surface area (Å²) in [4.78, 5) is 12.2. The van der Waals surface area contributed by atoms with Gasteiger partial charge < -0.3 is 8.83 Å². The topological polar surface area (TPSA) is 115 Å². The van der Waals surface area contributed by atoms with Crippen molar-refractivity contribution in [1.29, 1.82) is 0 Å². The number of benzene rings is 1. The summed E-state index contributed by atoms with van der Waals surface area (Å²) in [6.07, 6.45) is 1.03. The van der Waals surface area contributed by atoms with Gasteiger partial charge in [-0.1, -0.05) is 17.2 Å². The van der Waals surface area contributed by atoms with Crippen LogP contribution in [0.25, 0.3) is 11.7 Å². The van der Waals surface area contributed by atoms with Crippen molar-refractivity contribution >= 4 is 37.7 Å². The molecule has 8 nitrogen and oxygen atoms in total. The van der Waals surface area contributed by atoms with Gasteiger partial charge in [-0.25, -0.2) is 8.42 Å². The maximum Gasteiger partial charge on any atom is 0.322 e. The Morgan fingerprint density at radius 1 is 1.12 bits per heavy atom. The fraction of sp³-hybridized carbons (Fsp3) is 0.0714. The number of carbonyl (C=O) groups is 1. The summed E-state index contributed by atoms with van der Waals surface area (Å²) < 4.78 is 34.5. The van der Waals surface area contributed by atoms with E-state index >= 15 is 0 Å². The van der Waals surface area contributed by atoms with Crippen LogP contribution in [-0.2, 0) is 9.84 Å². The van der Waals surface area contributed by atoms with Crippen LogP contribution in [0.2, 0.25) is 0 Å². The molecular formula is C14H10BrN3O5S. The van der Waals surface area contributed by atoms with E-state index in [1.54, 1.807) is 18.2 Å². The summed E-state index contributed by atoms with van der Waals surface area (Å²) in [6.45, 7) is 0. The average Bonchev–Trinajstić information content (AvgIpc) is 3.15. The van der Waals surface area contributed by atoms with Crippen LogP contribution in [0.4, 0.5) is 6.01 Å². The van der Waals surface area contributed by atoms with Gasteiger partial charge >= 0.3 is 6.01 Å². The summed E-state index contributed by atoms with van der Waals surface area (Å²) in [6, 6.07) is 8.93. The molecular weight excluding hydrogens is 402 g/mol. The van der Waals surface area contributed by atoms with Gasteiger partial charge in [0.25, 0.3) is 11.8 Å². The molecule has 3 aromatic rings. The second-order valence-corrected chi connectivity index (χ2v) is 7.50. The first-order chi connectivity index (χ1) is 11.3. The smallest absolute Gasteiger partial charge is 0.322 e. The summed E-state index contributed by atoms with van der Waals surface area (Å²) in [5, 5.41) is 9.81. The lowest BCUT2D eigenvalue weighted by Crippen LogP contribution is -2.16. The largest absolute Gasteiger partial charge is 0.444 e. The summed E-state index contributed by atoms with van der Waals surface area (Å²) in [7, 11) is -3.55. The van der Waals surface area contributed by atoms with Gasteiger partial charge in [0, 0.05) is 6.26 Å². The summed E-state index contributed by atoms with van der Waals surface area (Å²) >= 11 is 3.15. The minimum absolute atomic E-state index is 0.0134. The van der Waals surface area contributed by atoms with Crippen LogP contribution in [0.15, 0.2) is 54.8 Å². The van der Waals surface area contributed by atoms with Gasteiger partial charge in [0.2, 0.25) is 0 Å². The fourth-order valence-electron chi connectivity index (χ4n) is 1.94. The Morgan fingerprint density at radius 2 is 1.88 bits per heavy atom. The summed E-state index contributed by atoms with van der Waals surface area (Å²) in [5.41, 5.74) is -0.0134. The van der Waals surface area contributed by atoms with Crippen LogP contribution >= 0.6 is 15.9 Å². The highest BCUT2D eigenvalue weighted by Crippen LogP contribution is 2.25. The van der Waals surface area contributed by atoms with Crippen molar-refractivity contribution in [3.8, 4) is 11.7 Å². The van der Waals surface area contributed by atoms with E-state index in [0.29, 0.717) is 10.4 Å². The third kappa shape index (κ3) is 3.39. The molecule has 2 aromatic heterocycles. The fourth-order valence-corrected chi connectivity index (χ4v) is 3.14. The van der Waals surface area contributed by atoms with Crippen molar-refractivity contribution < 1.29 is 22.0 Å². The number of halogens is 1. The molecule has 1 N–H and O–H groups in total. The molecule has 10 heteroatoms. The molecule has 0 saturated carbocycles. The number of furan rings is 1. The van der Waals surface area contributed by atoms with Gasteiger partial charge in [0.1, 0.15) is 0 Å². The molecule has 124 valence electrons. The number of carbonyl (C=O) groups excluding carboxylic acids is 1. The molecule has 0 unspecified atom stereocenters. The number of rotatable bonds is 4. The van der Waals surface area contributed by atoms with Gasteiger partial charge in [-0.15, -0.1) is 5.10 Å². The number of sulfone groups is 1. The van der Waals surface area contributed by atoms with Crippen LogP contribution in [0.1, 0.15) is 10.4 Å². The zero-order chi connectivity index (χ0) is 17.3. The maximum atomic E-state index is 12.3. The molecule has 1 amide bonds. The number of hydrogen-bond donors (Lipinski definition) is 1. The van der Waals surface area contributed by atoms with E-state index in [4.69, 9.17) is 8.83 Å². The standard InChI is InChI=1S/C14H10BrN3O5S/c1-24(20,21)10-5-3-2-4-8(10)12(19)16-14-18-17-13(23-14)9-6-7-11(15)22-9/h2-7H,1H3,(H,16,18,19). The number of nitrogens with one attached hydrogen (secondary N) is 1. The Hall–Kier alpha value is -2.46. The zero-order valence-electron chi connectivity index (χ0n) is 12.2. The van der Waals surface area contributed by atoms with Crippen molar-refractivity contribution in [3.05, 3.63) is 46.6 Å². The first kappa shape index (κ1) is 16.4. The second kappa shape index (κ2) is 6.21. The van der Waals surface area contributed by atoms with Crippen LogP contribution in [0, 0.1) is 0 Å². The monoisotopic (exact) mass is 411 g/mol. The van der Waals surface area contributed by atoms with Gasteiger partial charge in [0.05, 0.1) is 10.5 Å². The zero-order valence-corrected chi connectivity index (χ0v) is 14.6. The minimum Gasteiger partial charge on any atom is -0.444 e. The molecule has 0 bridgehead atoms. The van der Waals surface area contributed by atoms with E-state index < -0.39 is 15.7 Å². The van der Waals surface area contributed by atoms with E-state index in [-0.39, 0.29) is 22.4 Å². The molecule has 0 saturated heterocycles. The molecule has 3 rings (SSSR count). The molecule has 1 aromatic carbocycles. The Kier molecular flexibility index (Phi) is 4.24. The van der Waals surface area contributed by atoms with Gasteiger partial charge in [-0.05, 0) is 40.2 Å².